The SMILES string of the molecule is Cc1cccc(/C=C/C(=O)NCC2(c3ccc(Cl)cc3)CCOCC2)c1. The van der Waals surface area contributed by atoms with Crippen molar-refractivity contribution in [3.63, 3.8) is 0 Å². The lowest BCUT2D eigenvalue weighted by atomic mass is 9.74. The Labute approximate surface area is 160 Å². The summed E-state index contributed by atoms with van der Waals surface area (Å²) in [6, 6.07) is 16.0. The van der Waals surface area contributed by atoms with E-state index in [4.69, 9.17) is 16.3 Å². The van der Waals surface area contributed by atoms with E-state index in [-0.39, 0.29) is 11.3 Å². The second kappa shape index (κ2) is 8.52. The Hall–Kier alpha value is -2.10. The van der Waals surface area contributed by atoms with Crippen LogP contribution in [0.25, 0.3) is 6.08 Å². The Bertz CT molecular complexity index is 777. The average molecular weight is 370 g/mol. The molecule has 0 aliphatic carbocycles. The number of hydrogen-bond acceptors (Lipinski definition) is 2. The van der Waals surface area contributed by atoms with Gasteiger partial charge in [0.15, 0.2) is 0 Å². The van der Waals surface area contributed by atoms with Crippen molar-refractivity contribution in [1.29, 1.82) is 0 Å². The summed E-state index contributed by atoms with van der Waals surface area (Å²) >= 11 is 6.03. The van der Waals surface area contributed by atoms with E-state index in [2.05, 4.69) is 23.5 Å². The smallest absolute Gasteiger partial charge is 0.244 e. The van der Waals surface area contributed by atoms with Gasteiger partial charge < -0.3 is 10.1 Å². The molecular weight excluding hydrogens is 346 g/mol. The third-order valence-corrected chi connectivity index (χ3v) is 5.23. The lowest BCUT2D eigenvalue weighted by Crippen LogP contribution is -2.44. The number of aryl methyl sites for hydroxylation is 1. The summed E-state index contributed by atoms with van der Waals surface area (Å²) in [4.78, 5) is 12.3. The lowest BCUT2D eigenvalue weighted by Gasteiger charge is -2.37. The van der Waals surface area contributed by atoms with Crippen LogP contribution in [-0.4, -0.2) is 25.7 Å². The van der Waals surface area contributed by atoms with Gasteiger partial charge >= 0.3 is 0 Å². The van der Waals surface area contributed by atoms with Crippen molar-refractivity contribution in [3.8, 4) is 0 Å². The Balaban J connectivity index is 1.68. The maximum Gasteiger partial charge on any atom is 0.244 e. The van der Waals surface area contributed by atoms with Gasteiger partial charge in [0.1, 0.15) is 0 Å². The highest BCUT2D eigenvalue weighted by Crippen LogP contribution is 2.34. The normalized spacial score (nSPS) is 16.5. The highest BCUT2D eigenvalue weighted by molar-refractivity contribution is 6.30. The minimum atomic E-state index is -0.102. The molecule has 0 saturated carbocycles. The summed E-state index contributed by atoms with van der Waals surface area (Å²) in [7, 11) is 0. The molecule has 2 aromatic carbocycles. The summed E-state index contributed by atoms with van der Waals surface area (Å²) < 4.78 is 5.54. The largest absolute Gasteiger partial charge is 0.381 e. The first-order valence-corrected chi connectivity index (χ1v) is 9.32. The molecule has 26 heavy (non-hydrogen) atoms. The van der Waals surface area contributed by atoms with E-state index < -0.39 is 0 Å². The molecule has 136 valence electrons. The van der Waals surface area contributed by atoms with Crippen molar-refractivity contribution in [2.24, 2.45) is 0 Å². The Morgan fingerprint density at radius 1 is 1.19 bits per heavy atom. The number of amides is 1. The second-order valence-corrected chi connectivity index (χ2v) is 7.30. The molecule has 0 unspecified atom stereocenters. The fraction of sp³-hybridized carbons (Fsp3) is 0.318. The third-order valence-electron chi connectivity index (χ3n) is 4.98. The molecule has 1 aliphatic heterocycles. The van der Waals surface area contributed by atoms with Crippen LogP contribution in [-0.2, 0) is 14.9 Å². The van der Waals surface area contributed by atoms with Gasteiger partial charge in [0, 0.05) is 36.3 Å². The molecular formula is C22H24ClNO2. The highest BCUT2D eigenvalue weighted by atomic mass is 35.5. The maximum atomic E-state index is 12.3. The summed E-state index contributed by atoms with van der Waals surface area (Å²) in [6.45, 7) is 4.04. The van der Waals surface area contributed by atoms with Crippen LogP contribution >= 0.6 is 11.6 Å². The van der Waals surface area contributed by atoms with Crippen molar-refractivity contribution >= 4 is 23.6 Å². The zero-order valence-electron chi connectivity index (χ0n) is 15.0. The van der Waals surface area contributed by atoms with Gasteiger partial charge in [-0.1, -0.05) is 53.6 Å². The molecule has 0 atom stereocenters. The molecule has 0 spiro atoms. The average Bonchev–Trinajstić information content (AvgIpc) is 2.66. The number of carbonyl (C=O) groups excluding carboxylic acids is 1. The zero-order valence-corrected chi connectivity index (χ0v) is 15.8. The molecule has 3 rings (SSSR count). The Kier molecular flexibility index (Phi) is 6.12. The molecule has 1 heterocycles. The fourth-order valence-electron chi connectivity index (χ4n) is 3.39. The van der Waals surface area contributed by atoms with Gasteiger partial charge in [0.05, 0.1) is 0 Å². The van der Waals surface area contributed by atoms with E-state index in [9.17, 15) is 4.79 Å². The summed E-state index contributed by atoms with van der Waals surface area (Å²) in [5.74, 6) is -0.0775. The summed E-state index contributed by atoms with van der Waals surface area (Å²) in [5.41, 5.74) is 3.30. The topological polar surface area (TPSA) is 38.3 Å². The van der Waals surface area contributed by atoms with Crippen molar-refractivity contribution in [2.75, 3.05) is 19.8 Å². The van der Waals surface area contributed by atoms with Crippen molar-refractivity contribution < 1.29 is 9.53 Å². The number of halogens is 1. The van der Waals surface area contributed by atoms with Crippen LogP contribution in [0.4, 0.5) is 0 Å². The number of carbonyl (C=O) groups is 1. The monoisotopic (exact) mass is 369 g/mol. The quantitative estimate of drug-likeness (QED) is 0.786. The molecule has 1 amide bonds. The summed E-state index contributed by atoms with van der Waals surface area (Å²) in [5, 5.41) is 3.80. The first kappa shape index (κ1) is 18.7. The number of rotatable bonds is 5. The molecule has 1 aliphatic rings. The molecule has 1 fully saturated rings. The Morgan fingerprint density at radius 2 is 1.92 bits per heavy atom. The summed E-state index contributed by atoms with van der Waals surface area (Å²) in [6.07, 6.45) is 5.22. The first-order chi connectivity index (χ1) is 12.6. The Morgan fingerprint density at radius 3 is 2.62 bits per heavy atom. The second-order valence-electron chi connectivity index (χ2n) is 6.86. The number of benzene rings is 2. The molecule has 0 bridgehead atoms. The standard InChI is InChI=1S/C22H24ClNO2/c1-17-3-2-4-18(15-17)5-10-21(25)24-16-22(11-13-26-14-12-22)19-6-8-20(23)9-7-19/h2-10,15H,11-14,16H2,1H3,(H,24,25)/b10-5+. The first-order valence-electron chi connectivity index (χ1n) is 8.94. The number of hydrogen-bond donors (Lipinski definition) is 1. The minimum absolute atomic E-state index is 0.0775. The van der Waals surface area contributed by atoms with Gasteiger partial charge in [-0.05, 0) is 49.1 Å². The van der Waals surface area contributed by atoms with Crippen LogP contribution in [0.3, 0.4) is 0 Å². The fourth-order valence-corrected chi connectivity index (χ4v) is 3.52. The highest BCUT2D eigenvalue weighted by Gasteiger charge is 2.34. The van der Waals surface area contributed by atoms with Gasteiger partial charge in [0.2, 0.25) is 5.91 Å². The minimum Gasteiger partial charge on any atom is -0.381 e. The molecule has 1 saturated heterocycles. The third kappa shape index (κ3) is 4.75. The van der Waals surface area contributed by atoms with E-state index in [0.717, 1.165) is 23.4 Å². The van der Waals surface area contributed by atoms with Crippen LogP contribution in [0.2, 0.25) is 5.02 Å². The van der Waals surface area contributed by atoms with Gasteiger partial charge in [-0.15, -0.1) is 0 Å². The molecule has 0 aromatic heterocycles. The molecule has 3 nitrogen and oxygen atoms in total. The van der Waals surface area contributed by atoms with Gasteiger partial charge in [-0.3, -0.25) is 4.79 Å². The van der Waals surface area contributed by atoms with Gasteiger partial charge in [-0.25, -0.2) is 0 Å². The molecule has 2 aromatic rings. The lowest BCUT2D eigenvalue weighted by molar-refractivity contribution is -0.116. The van der Waals surface area contributed by atoms with E-state index in [1.165, 1.54) is 11.1 Å². The van der Waals surface area contributed by atoms with Crippen LogP contribution in [0.15, 0.2) is 54.6 Å². The predicted molar refractivity (Wildman–Crippen MR) is 106 cm³/mol. The van der Waals surface area contributed by atoms with Crippen molar-refractivity contribution in [1.82, 2.24) is 5.32 Å². The van der Waals surface area contributed by atoms with Gasteiger partial charge in [0.25, 0.3) is 0 Å². The van der Waals surface area contributed by atoms with E-state index in [1.54, 1.807) is 6.08 Å². The zero-order chi connectivity index (χ0) is 18.4. The van der Waals surface area contributed by atoms with Crippen LogP contribution in [0, 0.1) is 6.92 Å². The van der Waals surface area contributed by atoms with Gasteiger partial charge in [-0.2, -0.15) is 0 Å². The van der Waals surface area contributed by atoms with Crippen molar-refractivity contribution in [3.05, 3.63) is 76.3 Å². The van der Waals surface area contributed by atoms with Crippen LogP contribution < -0.4 is 5.32 Å². The number of nitrogens with one attached hydrogen (secondary N) is 1. The van der Waals surface area contributed by atoms with E-state index in [0.29, 0.717) is 19.8 Å². The molecule has 1 N–H and O–H groups in total. The molecule has 0 radical (unpaired) electrons. The van der Waals surface area contributed by atoms with Crippen LogP contribution in [0.1, 0.15) is 29.5 Å². The number of ether oxygens (including phenoxy) is 1. The van der Waals surface area contributed by atoms with Crippen molar-refractivity contribution in [2.45, 2.75) is 25.2 Å². The molecule has 4 heteroatoms. The predicted octanol–water partition coefficient (Wildman–Crippen LogP) is 4.53. The van der Waals surface area contributed by atoms with Crippen LogP contribution in [0.5, 0.6) is 0 Å². The van der Waals surface area contributed by atoms with E-state index in [1.807, 2.05) is 43.3 Å². The maximum absolute atomic E-state index is 12.3. The van der Waals surface area contributed by atoms with E-state index >= 15 is 0 Å².